The summed E-state index contributed by atoms with van der Waals surface area (Å²) in [6, 6.07) is 20.7. The van der Waals surface area contributed by atoms with Crippen molar-refractivity contribution < 1.29 is 18.3 Å². The van der Waals surface area contributed by atoms with Crippen LogP contribution in [-0.2, 0) is 9.47 Å². The van der Waals surface area contributed by atoms with Crippen LogP contribution in [0.3, 0.4) is 0 Å². The molecule has 4 heteroatoms. The minimum Gasteiger partial charge on any atom is -0.346 e. The molecule has 0 aromatic heterocycles. The molecule has 1 aliphatic rings. The van der Waals surface area contributed by atoms with E-state index in [-0.39, 0.29) is 11.1 Å². The van der Waals surface area contributed by atoms with E-state index in [4.69, 9.17) is 9.47 Å². The highest BCUT2D eigenvalue weighted by Crippen LogP contribution is 2.35. The first-order valence-electron chi connectivity index (χ1n) is 11.9. The molecule has 0 spiro atoms. The molecule has 4 rings (SSSR count). The van der Waals surface area contributed by atoms with Crippen LogP contribution < -0.4 is 0 Å². The number of hydrogen-bond acceptors (Lipinski definition) is 2. The third-order valence-electron chi connectivity index (χ3n) is 6.05. The number of hydrogen-bond donors (Lipinski definition) is 0. The van der Waals surface area contributed by atoms with Gasteiger partial charge in [0.25, 0.3) is 0 Å². The van der Waals surface area contributed by atoms with Gasteiger partial charge in [-0.25, -0.2) is 8.78 Å². The zero-order valence-electron chi connectivity index (χ0n) is 19.7. The molecule has 0 radical (unpaired) electrons. The van der Waals surface area contributed by atoms with Gasteiger partial charge in [0.05, 0.1) is 6.61 Å². The van der Waals surface area contributed by atoms with Gasteiger partial charge in [-0.05, 0) is 41.7 Å². The lowest BCUT2D eigenvalue weighted by atomic mass is 9.93. The first-order chi connectivity index (χ1) is 16.6. The van der Waals surface area contributed by atoms with Crippen molar-refractivity contribution in [2.24, 2.45) is 0 Å². The van der Waals surface area contributed by atoms with E-state index in [0.717, 1.165) is 24.0 Å². The van der Waals surface area contributed by atoms with Crippen LogP contribution in [-0.4, -0.2) is 19.0 Å². The molecule has 0 aliphatic heterocycles. The summed E-state index contributed by atoms with van der Waals surface area (Å²) in [7, 11) is 0. The Morgan fingerprint density at radius 3 is 2.06 bits per heavy atom. The second-order valence-electron chi connectivity index (χ2n) is 8.38. The van der Waals surface area contributed by atoms with E-state index in [1.807, 2.05) is 73.7 Å². The monoisotopic (exact) mass is 460 g/mol. The lowest BCUT2D eigenvalue weighted by Crippen LogP contribution is -2.35. The molecule has 0 amide bonds. The van der Waals surface area contributed by atoms with Crippen LogP contribution in [0.4, 0.5) is 8.78 Å². The lowest BCUT2D eigenvalue weighted by molar-refractivity contribution is -0.200. The summed E-state index contributed by atoms with van der Waals surface area (Å²) in [5, 5.41) is 0. The Morgan fingerprint density at radius 2 is 1.41 bits per heavy atom. The van der Waals surface area contributed by atoms with Crippen LogP contribution in [0.15, 0.2) is 85.0 Å². The highest BCUT2D eigenvalue weighted by atomic mass is 19.2. The minimum absolute atomic E-state index is 0.233. The van der Waals surface area contributed by atoms with Gasteiger partial charge in [0.2, 0.25) is 0 Å². The van der Waals surface area contributed by atoms with Gasteiger partial charge in [-0.2, -0.15) is 0 Å². The van der Waals surface area contributed by atoms with Crippen LogP contribution in [0.2, 0.25) is 0 Å². The Hall–Kier alpha value is -3.08. The highest BCUT2D eigenvalue weighted by molar-refractivity contribution is 5.78. The molecular weight excluding hydrogens is 430 g/mol. The largest absolute Gasteiger partial charge is 0.346 e. The van der Waals surface area contributed by atoms with Crippen LogP contribution >= 0.6 is 0 Å². The molecule has 1 aliphatic carbocycles. The van der Waals surface area contributed by atoms with Gasteiger partial charge < -0.3 is 9.47 Å². The van der Waals surface area contributed by atoms with Gasteiger partial charge in [0.1, 0.15) is 0 Å². The summed E-state index contributed by atoms with van der Waals surface area (Å²) in [6.45, 7) is 5.10. The zero-order chi connectivity index (χ0) is 24.0. The fraction of sp³-hybridized carbons (Fsp3) is 0.267. The number of rotatable bonds is 9. The zero-order valence-corrected chi connectivity index (χ0v) is 19.7. The average molecular weight is 461 g/mol. The van der Waals surface area contributed by atoms with Crippen molar-refractivity contribution in [3.05, 3.63) is 102 Å². The van der Waals surface area contributed by atoms with Crippen LogP contribution in [0.1, 0.15) is 38.7 Å². The molecule has 3 aromatic carbocycles. The summed E-state index contributed by atoms with van der Waals surface area (Å²) >= 11 is 0. The smallest absolute Gasteiger partial charge is 0.191 e. The van der Waals surface area contributed by atoms with Crippen molar-refractivity contribution in [3.8, 4) is 22.3 Å². The van der Waals surface area contributed by atoms with Gasteiger partial charge in [-0.15, -0.1) is 0 Å². The topological polar surface area (TPSA) is 18.5 Å². The van der Waals surface area contributed by atoms with Gasteiger partial charge in [-0.1, -0.05) is 92.2 Å². The summed E-state index contributed by atoms with van der Waals surface area (Å²) in [4.78, 5) is 0. The molecule has 3 aromatic rings. The molecule has 1 unspecified atom stereocenters. The lowest BCUT2D eigenvalue weighted by Gasteiger charge is -2.32. The summed E-state index contributed by atoms with van der Waals surface area (Å²) < 4.78 is 42.1. The van der Waals surface area contributed by atoms with Crippen molar-refractivity contribution in [1.29, 1.82) is 0 Å². The molecule has 0 heterocycles. The Morgan fingerprint density at radius 1 is 0.765 bits per heavy atom. The van der Waals surface area contributed by atoms with Crippen LogP contribution in [0.25, 0.3) is 27.8 Å². The second-order valence-corrected chi connectivity index (χ2v) is 8.38. The van der Waals surface area contributed by atoms with Crippen molar-refractivity contribution in [3.63, 3.8) is 0 Å². The van der Waals surface area contributed by atoms with E-state index < -0.39 is 17.4 Å². The van der Waals surface area contributed by atoms with Crippen molar-refractivity contribution in [1.82, 2.24) is 0 Å². The maximum atomic E-state index is 15.2. The van der Waals surface area contributed by atoms with Gasteiger partial charge in [-0.3, -0.25) is 0 Å². The molecule has 0 N–H and O–H groups in total. The maximum absolute atomic E-state index is 15.2. The first-order valence-corrected chi connectivity index (χ1v) is 11.9. The third kappa shape index (κ3) is 5.19. The van der Waals surface area contributed by atoms with Gasteiger partial charge >= 0.3 is 0 Å². The summed E-state index contributed by atoms with van der Waals surface area (Å²) in [5.41, 5.74) is 3.84. The molecule has 1 atom stereocenters. The van der Waals surface area contributed by atoms with E-state index in [1.165, 1.54) is 0 Å². The number of unbranched alkanes of at least 4 members (excludes halogenated alkanes) is 1. The standard InChI is InChI=1S/C30H30F2O2/c1-3-5-21-34-30(33-4-2)19-17-25(18-20-30)27-16-15-26(28(31)29(27)32)24-13-11-23(12-14-24)22-9-7-6-8-10-22/h6-19H,3-5,20-21H2,1-2H3. The summed E-state index contributed by atoms with van der Waals surface area (Å²) in [6.07, 6.45) is 7.84. The predicted molar refractivity (Wildman–Crippen MR) is 134 cm³/mol. The molecular formula is C30H30F2O2. The molecule has 176 valence electrons. The van der Waals surface area contributed by atoms with Gasteiger partial charge in [0, 0.05) is 24.2 Å². The number of halogens is 2. The molecule has 0 saturated carbocycles. The molecule has 0 bridgehead atoms. The third-order valence-corrected chi connectivity index (χ3v) is 6.05. The fourth-order valence-corrected chi connectivity index (χ4v) is 4.16. The summed E-state index contributed by atoms with van der Waals surface area (Å²) in [5.74, 6) is -2.54. The highest BCUT2D eigenvalue weighted by Gasteiger charge is 2.30. The average Bonchev–Trinajstić information content (AvgIpc) is 2.87. The van der Waals surface area contributed by atoms with E-state index in [1.54, 1.807) is 18.2 Å². The number of allylic oxidation sites excluding steroid dienone is 2. The Labute approximate surface area is 200 Å². The van der Waals surface area contributed by atoms with Crippen molar-refractivity contribution >= 4 is 5.57 Å². The second kappa shape index (κ2) is 10.9. The van der Waals surface area contributed by atoms with Crippen LogP contribution in [0, 0.1) is 11.6 Å². The predicted octanol–water partition coefficient (Wildman–Crippen LogP) is 8.19. The maximum Gasteiger partial charge on any atom is 0.191 e. The van der Waals surface area contributed by atoms with Crippen molar-refractivity contribution in [2.45, 2.75) is 38.9 Å². The normalized spacial score (nSPS) is 17.6. The van der Waals surface area contributed by atoms with Crippen molar-refractivity contribution in [2.75, 3.05) is 13.2 Å². The number of benzene rings is 3. The van der Waals surface area contributed by atoms with E-state index in [0.29, 0.717) is 30.8 Å². The quantitative estimate of drug-likeness (QED) is 0.237. The van der Waals surface area contributed by atoms with Crippen LogP contribution in [0.5, 0.6) is 0 Å². The fourth-order valence-electron chi connectivity index (χ4n) is 4.16. The Kier molecular flexibility index (Phi) is 7.71. The molecule has 0 fully saturated rings. The molecule has 34 heavy (non-hydrogen) atoms. The molecule has 0 saturated heterocycles. The number of ether oxygens (including phenoxy) is 2. The van der Waals surface area contributed by atoms with E-state index >= 15 is 8.78 Å². The van der Waals surface area contributed by atoms with Gasteiger partial charge in [0.15, 0.2) is 17.4 Å². The van der Waals surface area contributed by atoms with E-state index in [2.05, 4.69) is 6.92 Å². The first kappa shape index (κ1) is 24.1. The minimum atomic E-state index is -0.851. The molecule has 2 nitrogen and oxygen atoms in total. The van der Waals surface area contributed by atoms with E-state index in [9.17, 15) is 0 Å². The SMILES string of the molecule is CCCCOC1(OCC)C=CC(c2ccc(-c3ccc(-c4ccccc4)cc3)c(F)c2F)=CC1. The Bertz CT molecular complexity index is 1170. The Balaban J connectivity index is 1.55.